The summed E-state index contributed by atoms with van der Waals surface area (Å²) in [5, 5.41) is 3.36. The summed E-state index contributed by atoms with van der Waals surface area (Å²) in [5.74, 6) is 0.919. The van der Waals surface area contributed by atoms with Crippen molar-refractivity contribution in [3.8, 4) is 5.75 Å². The molecule has 0 radical (unpaired) electrons. The van der Waals surface area contributed by atoms with Crippen molar-refractivity contribution >= 4 is 0 Å². The second-order valence-electron chi connectivity index (χ2n) is 3.06. The molecule has 0 heterocycles. The Hall–Kier alpha value is -1.02. The predicted molar refractivity (Wildman–Crippen MR) is 55.1 cm³/mol. The van der Waals surface area contributed by atoms with E-state index in [0.717, 1.165) is 12.3 Å². The summed E-state index contributed by atoms with van der Waals surface area (Å²) in [6.07, 6.45) is 0. The molecular weight excluding hydrogens is 162 g/mol. The Morgan fingerprint density at radius 1 is 1.46 bits per heavy atom. The van der Waals surface area contributed by atoms with Gasteiger partial charge in [-0.25, -0.2) is 0 Å². The van der Waals surface area contributed by atoms with Gasteiger partial charge in [-0.3, -0.25) is 0 Å². The number of hydrogen-bond acceptors (Lipinski definition) is 2. The third-order valence-corrected chi connectivity index (χ3v) is 2.10. The largest absolute Gasteiger partial charge is 0.497 e. The zero-order chi connectivity index (χ0) is 9.68. The highest BCUT2D eigenvalue weighted by Gasteiger charge is 2.03. The van der Waals surface area contributed by atoms with Crippen molar-refractivity contribution in [3.63, 3.8) is 0 Å². The summed E-state index contributed by atoms with van der Waals surface area (Å²) >= 11 is 0. The zero-order valence-electron chi connectivity index (χ0n) is 8.50. The van der Waals surface area contributed by atoms with Gasteiger partial charge in [0, 0.05) is 6.04 Å². The molecule has 13 heavy (non-hydrogen) atoms. The van der Waals surface area contributed by atoms with E-state index in [1.807, 2.05) is 12.1 Å². The van der Waals surface area contributed by atoms with Crippen LogP contribution in [0, 0.1) is 0 Å². The van der Waals surface area contributed by atoms with Crippen LogP contribution in [0.5, 0.6) is 5.75 Å². The molecule has 2 nitrogen and oxygen atoms in total. The predicted octanol–water partition coefficient (Wildman–Crippen LogP) is 2.37. The molecule has 0 fully saturated rings. The first-order valence-electron chi connectivity index (χ1n) is 4.65. The van der Waals surface area contributed by atoms with Crippen LogP contribution in [-0.4, -0.2) is 13.7 Å². The molecule has 1 aromatic rings. The molecule has 0 aliphatic carbocycles. The van der Waals surface area contributed by atoms with E-state index in [-0.39, 0.29) is 0 Å². The van der Waals surface area contributed by atoms with Gasteiger partial charge in [0.15, 0.2) is 0 Å². The van der Waals surface area contributed by atoms with E-state index in [1.54, 1.807) is 7.11 Å². The zero-order valence-corrected chi connectivity index (χ0v) is 8.50. The smallest absolute Gasteiger partial charge is 0.119 e. The van der Waals surface area contributed by atoms with Crippen molar-refractivity contribution in [1.29, 1.82) is 0 Å². The highest BCUT2D eigenvalue weighted by molar-refractivity contribution is 5.30. The van der Waals surface area contributed by atoms with E-state index in [1.165, 1.54) is 5.56 Å². The van der Waals surface area contributed by atoms with Gasteiger partial charge in [-0.05, 0) is 31.2 Å². The van der Waals surface area contributed by atoms with E-state index >= 15 is 0 Å². The minimum absolute atomic E-state index is 0.389. The topological polar surface area (TPSA) is 21.3 Å². The minimum atomic E-state index is 0.389. The third-order valence-electron chi connectivity index (χ3n) is 2.10. The van der Waals surface area contributed by atoms with Crippen molar-refractivity contribution in [1.82, 2.24) is 5.32 Å². The van der Waals surface area contributed by atoms with Crippen LogP contribution in [0.25, 0.3) is 0 Å². The Morgan fingerprint density at radius 2 is 2.23 bits per heavy atom. The van der Waals surface area contributed by atoms with E-state index in [4.69, 9.17) is 4.74 Å². The van der Waals surface area contributed by atoms with Gasteiger partial charge in [0.25, 0.3) is 0 Å². The van der Waals surface area contributed by atoms with Gasteiger partial charge >= 0.3 is 0 Å². The molecule has 0 amide bonds. The molecule has 0 aliphatic rings. The summed E-state index contributed by atoms with van der Waals surface area (Å²) in [6, 6.07) is 8.54. The fourth-order valence-electron chi connectivity index (χ4n) is 1.33. The van der Waals surface area contributed by atoms with Crippen molar-refractivity contribution in [2.24, 2.45) is 0 Å². The molecule has 0 aromatic heterocycles. The van der Waals surface area contributed by atoms with E-state index in [2.05, 4.69) is 31.3 Å². The molecule has 1 N–H and O–H groups in total. The van der Waals surface area contributed by atoms with Crippen LogP contribution >= 0.6 is 0 Å². The normalized spacial score (nSPS) is 12.5. The Kier molecular flexibility index (Phi) is 3.77. The lowest BCUT2D eigenvalue weighted by Crippen LogP contribution is -2.17. The number of benzene rings is 1. The summed E-state index contributed by atoms with van der Waals surface area (Å²) in [6.45, 7) is 5.24. The monoisotopic (exact) mass is 179 g/mol. The standard InChI is InChI=1S/C11H17NO/c1-4-12-9(2)10-6-5-7-11(8-10)13-3/h5-9,12H,4H2,1-3H3/t9-/m0/s1. The van der Waals surface area contributed by atoms with Gasteiger partial charge in [-0.1, -0.05) is 19.1 Å². The molecule has 0 saturated heterocycles. The molecule has 0 saturated carbocycles. The maximum atomic E-state index is 5.16. The number of rotatable bonds is 4. The first-order chi connectivity index (χ1) is 6.27. The van der Waals surface area contributed by atoms with Crippen LogP contribution in [0.15, 0.2) is 24.3 Å². The summed E-state index contributed by atoms with van der Waals surface area (Å²) in [4.78, 5) is 0. The van der Waals surface area contributed by atoms with Gasteiger partial charge in [-0.15, -0.1) is 0 Å². The summed E-state index contributed by atoms with van der Waals surface area (Å²) in [5.41, 5.74) is 1.27. The van der Waals surface area contributed by atoms with Crippen LogP contribution in [0.4, 0.5) is 0 Å². The molecule has 0 aliphatic heterocycles. The summed E-state index contributed by atoms with van der Waals surface area (Å²) in [7, 11) is 1.69. The van der Waals surface area contributed by atoms with E-state index in [0.29, 0.717) is 6.04 Å². The Labute approximate surface area is 79.9 Å². The maximum absolute atomic E-state index is 5.16. The fraction of sp³-hybridized carbons (Fsp3) is 0.455. The lowest BCUT2D eigenvalue weighted by molar-refractivity contribution is 0.413. The second kappa shape index (κ2) is 4.87. The SMILES string of the molecule is CCN[C@@H](C)c1cccc(OC)c1. The van der Waals surface area contributed by atoms with Crippen molar-refractivity contribution in [2.75, 3.05) is 13.7 Å². The quantitative estimate of drug-likeness (QED) is 0.766. The number of hydrogen-bond donors (Lipinski definition) is 1. The average molecular weight is 179 g/mol. The first kappa shape index (κ1) is 10.1. The molecule has 0 bridgehead atoms. The molecule has 1 rings (SSSR count). The molecule has 0 unspecified atom stereocenters. The molecule has 1 atom stereocenters. The van der Waals surface area contributed by atoms with Gasteiger partial charge in [0.1, 0.15) is 5.75 Å². The van der Waals surface area contributed by atoms with Crippen LogP contribution in [0.3, 0.4) is 0 Å². The van der Waals surface area contributed by atoms with Crippen LogP contribution in [-0.2, 0) is 0 Å². The molecule has 0 spiro atoms. The van der Waals surface area contributed by atoms with Crippen molar-refractivity contribution in [2.45, 2.75) is 19.9 Å². The van der Waals surface area contributed by atoms with Gasteiger partial charge in [0.05, 0.1) is 7.11 Å². The third kappa shape index (κ3) is 2.74. The van der Waals surface area contributed by atoms with Crippen molar-refractivity contribution < 1.29 is 4.74 Å². The molecular formula is C11H17NO. The number of nitrogens with one attached hydrogen (secondary N) is 1. The van der Waals surface area contributed by atoms with Crippen LogP contribution in [0.1, 0.15) is 25.5 Å². The Bertz CT molecular complexity index is 260. The number of methoxy groups -OCH3 is 1. The minimum Gasteiger partial charge on any atom is -0.497 e. The Morgan fingerprint density at radius 3 is 2.85 bits per heavy atom. The lowest BCUT2D eigenvalue weighted by atomic mass is 10.1. The molecule has 2 heteroatoms. The van der Waals surface area contributed by atoms with Gasteiger partial charge in [-0.2, -0.15) is 0 Å². The lowest BCUT2D eigenvalue weighted by Gasteiger charge is -2.13. The average Bonchev–Trinajstić information content (AvgIpc) is 2.18. The van der Waals surface area contributed by atoms with Crippen LogP contribution < -0.4 is 10.1 Å². The maximum Gasteiger partial charge on any atom is 0.119 e. The first-order valence-corrected chi connectivity index (χ1v) is 4.65. The highest BCUT2D eigenvalue weighted by Crippen LogP contribution is 2.18. The molecule has 72 valence electrons. The second-order valence-corrected chi connectivity index (χ2v) is 3.06. The molecule has 1 aromatic carbocycles. The van der Waals surface area contributed by atoms with Gasteiger partial charge < -0.3 is 10.1 Å². The van der Waals surface area contributed by atoms with Gasteiger partial charge in [0.2, 0.25) is 0 Å². The Balaban J connectivity index is 2.75. The van der Waals surface area contributed by atoms with E-state index in [9.17, 15) is 0 Å². The van der Waals surface area contributed by atoms with Crippen LogP contribution in [0.2, 0.25) is 0 Å². The fourth-order valence-corrected chi connectivity index (χ4v) is 1.33. The van der Waals surface area contributed by atoms with Crippen molar-refractivity contribution in [3.05, 3.63) is 29.8 Å². The summed E-state index contributed by atoms with van der Waals surface area (Å²) < 4.78 is 5.16. The highest BCUT2D eigenvalue weighted by atomic mass is 16.5. The van der Waals surface area contributed by atoms with E-state index < -0.39 is 0 Å². The number of ether oxygens (including phenoxy) is 1.